The topological polar surface area (TPSA) is 82.4 Å². The Morgan fingerprint density at radius 1 is 0.970 bits per heavy atom. The lowest BCUT2D eigenvalue weighted by Crippen LogP contribution is -2.53. The first-order valence-electron chi connectivity index (χ1n) is 11.4. The van der Waals surface area contributed by atoms with Crippen molar-refractivity contribution in [3.8, 4) is 11.5 Å². The van der Waals surface area contributed by atoms with E-state index < -0.39 is 17.8 Å². The van der Waals surface area contributed by atoms with Crippen molar-refractivity contribution in [3.63, 3.8) is 0 Å². The number of carbonyl (C=O) groups is 2. The second-order valence-electron chi connectivity index (χ2n) is 8.79. The van der Waals surface area contributed by atoms with Crippen molar-refractivity contribution in [2.75, 3.05) is 26.2 Å². The van der Waals surface area contributed by atoms with E-state index in [0.717, 1.165) is 29.9 Å². The van der Waals surface area contributed by atoms with Gasteiger partial charge in [-0.15, -0.1) is 0 Å². The van der Waals surface area contributed by atoms with Gasteiger partial charge in [-0.05, 0) is 43.2 Å². The van der Waals surface area contributed by atoms with Gasteiger partial charge in [-0.25, -0.2) is 4.99 Å². The summed E-state index contributed by atoms with van der Waals surface area (Å²) in [6, 6.07) is 13.1. The van der Waals surface area contributed by atoms with E-state index >= 15 is 0 Å². The van der Waals surface area contributed by atoms with Gasteiger partial charge in [0.25, 0.3) is 0 Å². The lowest BCUT2D eigenvalue weighted by molar-refractivity contribution is -0.152. The average Bonchev–Trinajstić information content (AvgIpc) is 3.00. The number of carboxylic acid groups (broad SMARTS) is 1. The van der Waals surface area contributed by atoms with Crippen LogP contribution in [0.1, 0.15) is 31.2 Å². The van der Waals surface area contributed by atoms with Gasteiger partial charge in [-0.1, -0.05) is 36.6 Å². The van der Waals surface area contributed by atoms with E-state index in [-0.39, 0.29) is 5.91 Å². The first-order valence-corrected chi connectivity index (χ1v) is 11.8. The summed E-state index contributed by atoms with van der Waals surface area (Å²) in [5.74, 6) is 0.268. The molecule has 0 spiro atoms. The fraction of sp³-hybridized carbons (Fsp3) is 0.400. The number of fused-ring (bicyclic) bond motifs is 2. The summed E-state index contributed by atoms with van der Waals surface area (Å²) >= 11 is 6.31. The number of amides is 1. The molecule has 2 heterocycles. The van der Waals surface area contributed by atoms with Gasteiger partial charge < -0.3 is 19.6 Å². The number of para-hydroxylation sites is 2. The minimum Gasteiger partial charge on any atom is -0.481 e. The third kappa shape index (κ3) is 4.29. The van der Waals surface area contributed by atoms with E-state index in [1.807, 2.05) is 41.3 Å². The van der Waals surface area contributed by atoms with Crippen molar-refractivity contribution in [2.24, 2.45) is 16.8 Å². The van der Waals surface area contributed by atoms with Gasteiger partial charge in [0, 0.05) is 31.2 Å². The SMILES string of the molecule is O=C(O)[C@@H]1CCCC[C@@H]1C(=O)N1CCN(C2=Nc3ccccc3Oc3ccc(Cl)cc32)CC1. The zero-order chi connectivity index (χ0) is 22.9. The molecule has 2 aromatic rings. The average molecular weight is 468 g/mol. The summed E-state index contributed by atoms with van der Waals surface area (Å²) < 4.78 is 6.13. The number of hydrogen-bond acceptors (Lipinski definition) is 5. The molecule has 1 N–H and O–H groups in total. The summed E-state index contributed by atoms with van der Waals surface area (Å²) in [5.41, 5.74) is 1.56. The van der Waals surface area contributed by atoms with Crippen molar-refractivity contribution < 1.29 is 19.4 Å². The fourth-order valence-corrected chi connectivity index (χ4v) is 5.20. The highest BCUT2D eigenvalue weighted by Crippen LogP contribution is 2.39. The van der Waals surface area contributed by atoms with Gasteiger partial charge in [-0.2, -0.15) is 0 Å². The lowest BCUT2D eigenvalue weighted by atomic mass is 9.78. The van der Waals surface area contributed by atoms with Crippen LogP contribution in [0.5, 0.6) is 11.5 Å². The number of hydrogen-bond donors (Lipinski definition) is 1. The van der Waals surface area contributed by atoms with Gasteiger partial charge in [0.1, 0.15) is 17.3 Å². The number of rotatable bonds is 2. The number of aliphatic imine (C=N–C) groups is 1. The molecule has 5 rings (SSSR count). The van der Waals surface area contributed by atoms with E-state index in [1.165, 1.54) is 0 Å². The highest BCUT2D eigenvalue weighted by Gasteiger charge is 2.39. The maximum atomic E-state index is 13.2. The van der Waals surface area contributed by atoms with Crippen molar-refractivity contribution in [1.29, 1.82) is 0 Å². The summed E-state index contributed by atoms with van der Waals surface area (Å²) in [7, 11) is 0. The minimum atomic E-state index is -0.855. The number of piperazine rings is 1. The largest absolute Gasteiger partial charge is 0.481 e. The fourth-order valence-electron chi connectivity index (χ4n) is 5.03. The van der Waals surface area contributed by atoms with Crippen LogP contribution in [0, 0.1) is 11.8 Å². The van der Waals surface area contributed by atoms with Crippen LogP contribution in [-0.4, -0.2) is 58.8 Å². The van der Waals surface area contributed by atoms with Crippen LogP contribution in [0.25, 0.3) is 0 Å². The molecule has 2 atom stereocenters. The van der Waals surface area contributed by atoms with Crippen molar-refractivity contribution in [1.82, 2.24) is 9.80 Å². The predicted molar refractivity (Wildman–Crippen MR) is 125 cm³/mol. The van der Waals surface area contributed by atoms with E-state index in [9.17, 15) is 14.7 Å². The smallest absolute Gasteiger partial charge is 0.307 e. The zero-order valence-electron chi connectivity index (χ0n) is 18.2. The van der Waals surface area contributed by atoms with Crippen LogP contribution in [0.4, 0.5) is 5.69 Å². The second kappa shape index (κ2) is 9.06. The molecule has 33 heavy (non-hydrogen) atoms. The Kier molecular flexibility index (Phi) is 5.98. The van der Waals surface area contributed by atoms with Gasteiger partial charge in [0.15, 0.2) is 5.75 Å². The van der Waals surface area contributed by atoms with E-state index in [0.29, 0.717) is 55.5 Å². The first-order chi connectivity index (χ1) is 16.0. The summed E-state index contributed by atoms with van der Waals surface area (Å²) in [6.45, 7) is 2.25. The van der Waals surface area contributed by atoms with Crippen molar-refractivity contribution >= 4 is 35.0 Å². The van der Waals surface area contributed by atoms with Gasteiger partial charge >= 0.3 is 5.97 Å². The molecule has 2 aromatic carbocycles. The molecule has 2 aliphatic heterocycles. The van der Waals surface area contributed by atoms with E-state index in [1.54, 1.807) is 6.07 Å². The molecule has 0 unspecified atom stereocenters. The highest BCUT2D eigenvalue weighted by atomic mass is 35.5. The molecule has 7 nitrogen and oxygen atoms in total. The van der Waals surface area contributed by atoms with Crippen LogP contribution < -0.4 is 4.74 Å². The number of nitrogens with zero attached hydrogens (tertiary/aromatic N) is 3. The predicted octanol–water partition coefficient (Wildman–Crippen LogP) is 4.56. The number of carboxylic acids is 1. The number of benzene rings is 2. The standard InChI is InChI=1S/C25H26ClN3O4/c26-16-9-10-21-19(15-16)23(27-20-7-3-4-8-22(20)33-21)28-11-13-29(14-12-28)24(30)17-5-1-2-6-18(17)25(31)32/h3-4,7-10,15,17-18H,1-2,5-6,11-14H2,(H,31,32)/t17-,18+/m0/s1. The van der Waals surface area contributed by atoms with E-state index in [2.05, 4.69) is 4.90 Å². The van der Waals surface area contributed by atoms with Crippen LogP contribution >= 0.6 is 11.6 Å². The second-order valence-corrected chi connectivity index (χ2v) is 9.23. The number of halogens is 1. The Morgan fingerprint density at radius 3 is 2.45 bits per heavy atom. The van der Waals surface area contributed by atoms with Crippen LogP contribution in [-0.2, 0) is 9.59 Å². The third-order valence-corrected chi connectivity index (χ3v) is 7.02. The molecule has 1 saturated heterocycles. The zero-order valence-corrected chi connectivity index (χ0v) is 19.0. The summed E-state index contributed by atoms with van der Waals surface area (Å²) in [5, 5.41) is 10.2. The Balaban J connectivity index is 1.37. The first kappa shape index (κ1) is 21.8. The molecule has 1 saturated carbocycles. The Labute approximate surface area is 197 Å². The normalized spacial score (nSPS) is 22.4. The summed E-state index contributed by atoms with van der Waals surface area (Å²) in [4.78, 5) is 33.8. The Bertz CT molecular complexity index is 1110. The number of aliphatic carboxylic acids is 1. The molecule has 0 aromatic heterocycles. The quantitative estimate of drug-likeness (QED) is 0.700. The van der Waals surface area contributed by atoms with E-state index in [4.69, 9.17) is 21.3 Å². The third-order valence-electron chi connectivity index (χ3n) is 6.79. The maximum absolute atomic E-state index is 13.2. The van der Waals surface area contributed by atoms with Crippen LogP contribution in [0.15, 0.2) is 47.5 Å². The molecule has 1 amide bonds. The number of amidine groups is 1. The molecular formula is C25H26ClN3O4. The molecule has 3 aliphatic rings. The monoisotopic (exact) mass is 467 g/mol. The highest BCUT2D eigenvalue weighted by molar-refractivity contribution is 6.31. The van der Waals surface area contributed by atoms with Gasteiger partial charge in [0.05, 0.1) is 17.4 Å². The Hall–Kier alpha value is -3.06. The molecule has 0 radical (unpaired) electrons. The van der Waals surface area contributed by atoms with Crippen LogP contribution in [0.3, 0.4) is 0 Å². The molecule has 172 valence electrons. The molecule has 0 bridgehead atoms. The van der Waals surface area contributed by atoms with Crippen molar-refractivity contribution in [3.05, 3.63) is 53.1 Å². The maximum Gasteiger partial charge on any atom is 0.307 e. The van der Waals surface area contributed by atoms with Crippen molar-refractivity contribution in [2.45, 2.75) is 25.7 Å². The molecule has 8 heteroatoms. The summed E-state index contributed by atoms with van der Waals surface area (Å²) in [6.07, 6.45) is 3.02. The minimum absolute atomic E-state index is 0.0262. The molecule has 1 aliphatic carbocycles. The lowest BCUT2D eigenvalue weighted by Gasteiger charge is -2.39. The Morgan fingerprint density at radius 2 is 1.70 bits per heavy atom. The number of ether oxygens (including phenoxy) is 1. The van der Waals surface area contributed by atoms with Crippen LogP contribution in [0.2, 0.25) is 5.02 Å². The van der Waals surface area contributed by atoms with Gasteiger partial charge in [-0.3, -0.25) is 9.59 Å². The van der Waals surface area contributed by atoms with Gasteiger partial charge in [0.2, 0.25) is 5.91 Å². The molecular weight excluding hydrogens is 442 g/mol. The number of carbonyl (C=O) groups excluding carboxylic acids is 1. The molecule has 2 fully saturated rings.